The first-order valence-electron chi connectivity index (χ1n) is 9.38. The van der Waals surface area contributed by atoms with E-state index in [0.717, 1.165) is 6.42 Å². The predicted octanol–water partition coefficient (Wildman–Crippen LogP) is 4.12. The van der Waals surface area contributed by atoms with Crippen molar-refractivity contribution >= 4 is 12.1 Å². The number of ether oxygens (including phenoxy) is 1. The molecule has 1 N–H and O–H groups in total. The van der Waals surface area contributed by atoms with E-state index in [-0.39, 0.29) is 18.6 Å². The lowest BCUT2D eigenvalue weighted by Gasteiger charge is -2.27. The molecule has 140 valence electrons. The summed E-state index contributed by atoms with van der Waals surface area (Å²) in [6.45, 7) is 0.252. The summed E-state index contributed by atoms with van der Waals surface area (Å²) in [5.41, 5.74) is 4.70. The molecule has 4 rings (SSSR count). The molecule has 2 aromatic rings. The van der Waals surface area contributed by atoms with Crippen molar-refractivity contribution in [2.45, 2.75) is 31.2 Å². The number of benzene rings is 2. The number of carbonyl (C=O) groups excluding carboxylic acids is 1. The number of rotatable bonds is 4. The minimum absolute atomic E-state index is 0.00796. The molecule has 5 heteroatoms. The third kappa shape index (κ3) is 3.07. The summed E-state index contributed by atoms with van der Waals surface area (Å²) in [7, 11) is 1.64. The molecule has 2 atom stereocenters. The number of amides is 1. The van der Waals surface area contributed by atoms with Crippen molar-refractivity contribution in [1.82, 2.24) is 4.90 Å². The second-order valence-electron chi connectivity index (χ2n) is 7.36. The first kappa shape index (κ1) is 17.6. The lowest BCUT2D eigenvalue weighted by molar-refractivity contribution is -0.143. The van der Waals surface area contributed by atoms with E-state index in [1.807, 2.05) is 24.3 Å². The van der Waals surface area contributed by atoms with Crippen LogP contribution < -0.4 is 0 Å². The molecule has 1 fully saturated rings. The first-order valence-corrected chi connectivity index (χ1v) is 9.38. The largest absolute Gasteiger partial charge is 0.481 e. The molecule has 0 aromatic heterocycles. The van der Waals surface area contributed by atoms with Crippen LogP contribution in [0.3, 0.4) is 0 Å². The van der Waals surface area contributed by atoms with Crippen molar-refractivity contribution in [3.63, 3.8) is 0 Å². The van der Waals surface area contributed by atoms with Gasteiger partial charge in [-0.3, -0.25) is 4.79 Å². The molecule has 2 aliphatic carbocycles. The molecule has 5 nitrogen and oxygen atoms in total. The van der Waals surface area contributed by atoms with Crippen molar-refractivity contribution in [2.24, 2.45) is 5.92 Å². The molecule has 0 heterocycles. The Morgan fingerprint density at radius 1 is 1.04 bits per heavy atom. The Hall–Kier alpha value is -2.82. The van der Waals surface area contributed by atoms with Crippen molar-refractivity contribution in [2.75, 3.05) is 13.7 Å². The van der Waals surface area contributed by atoms with Crippen molar-refractivity contribution < 1.29 is 19.4 Å². The van der Waals surface area contributed by atoms with Crippen LogP contribution in [0.2, 0.25) is 0 Å². The highest BCUT2D eigenvalue weighted by molar-refractivity contribution is 5.79. The highest BCUT2D eigenvalue weighted by atomic mass is 16.6. The summed E-state index contributed by atoms with van der Waals surface area (Å²) in [5, 5.41) is 9.36. The number of fused-ring (bicyclic) bond motifs is 3. The number of carboxylic acids is 1. The Labute approximate surface area is 158 Å². The smallest absolute Gasteiger partial charge is 0.409 e. The number of carbonyl (C=O) groups is 2. The lowest BCUT2D eigenvalue weighted by atomic mass is 9.98. The number of hydrogen-bond acceptors (Lipinski definition) is 3. The van der Waals surface area contributed by atoms with Crippen LogP contribution >= 0.6 is 0 Å². The molecule has 2 aliphatic rings. The Morgan fingerprint density at radius 3 is 2.22 bits per heavy atom. The van der Waals surface area contributed by atoms with Gasteiger partial charge in [0.05, 0.1) is 5.92 Å². The zero-order valence-corrected chi connectivity index (χ0v) is 15.3. The molecule has 0 spiro atoms. The summed E-state index contributed by atoms with van der Waals surface area (Å²) < 4.78 is 5.64. The standard InChI is InChI=1S/C22H23NO4/c1-23(20-12-6-11-18(20)21(24)25)22(26)27-13-19-16-9-4-2-7-14(16)15-8-3-5-10-17(15)19/h2-5,7-10,18-20H,6,11-13H2,1H3,(H,24,25)/t18-,20+/m1/s1. The molecular weight excluding hydrogens is 342 g/mol. The van der Waals surface area contributed by atoms with Crippen LogP contribution in [-0.2, 0) is 9.53 Å². The molecule has 0 aliphatic heterocycles. The van der Waals surface area contributed by atoms with E-state index in [9.17, 15) is 14.7 Å². The minimum Gasteiger partial charge on any atom is -0.481 e. The van der Waals surface area contributed by atoms with Crippen LogP contribution in [0, 0.1) is 5.92 Å². The van der Waals surface area contributed by atoms with E-state index >= 15 is 0 Å². The maximum Gasteiger partial charge on any atom is 0.409 e. The number of aliphatic carboxylic acids is 1. The second kappa shape index (κ2) is 7.06. The van der Waals surface area contributed by atoms with Crippen molar-refractivity contribution in [3.05, 3.63) is 59.7 Å². The topological polar surface area (TPSA) is 66.8 Å². The van der Waals surface area contributed by atoms with Gasteiger partial charge in [0.2, 0.25) is 0 Å². The van der Waals surface area contributed by atoms with Gasteiger partial charge >= 0.3 is 12.1 Å². The van der Waals surface area contributed by atoms with E-state index in [0.29, 0.717) is 12.8 Å². The Morgan fingerprint density at radius 2 is 1.63 bits per heavy atom. The van der Waals surface area contributed by atoms with Gasteiger partial charge in [0, 0.05) is 19.0 Å². The van der Waals surface area contributed by atoms with Crippen LogP contribution in [0.25, 0.3) is 11.1 Å². The summed E-state index contributed by atoms with van der Waals surface area (Å²) in [6.07, 6.45) is 1.69. The fourth-order valence-corrected chi connectivity index (χ4v) is 4.52. The van der Waals surface area contributed by atoms with Gasteiger partial charge in [0.25, 0.3) is 0 Å². The highest BCUT2D eigenvalue weighted by Crippen LogP contribution is 2.44. The van der Waals surface area contributed by atoms with E-state index in [4.69, 9.17) is 4.74 Å². The third-order valence-corrected chi connectivity index (χ3v) is 5.92. The van der Waals surface area contributed by atoms with E-state index in [1.165, 1.54) is 27.2 Å². The second-order valence-corrected chi connectivity index (χ2v) is 7.36. The maximum atomic E-state index is 12.6. The van der Waals surface area contributed by atoms with Crippen molar-refractivity contribution in [3.8, 4) is 11.1 Å². The van der Waals surface area contributed by atoms with Crippen LogP contribution in [0.4, 0.5) is 4.79 Å². The highest BCUT2D eigenvalue weighted by Gasteiger charge is 2.38. The van der Waals surface area contributed by atoms with E-state index in [2.05, 4.69) is 24.3 Å². The van der Waals surface area contributed by atoms with E-state index < -0.39 is 18.0 Å². The SMILES string of the molecule is CN(C(=O)OCC1c2ccccc2-c2ccccc21)[C@H]1CCC[C@H]1C(=O)O. The summed E-state index contributed by atoms with van der Waals surface area (Å²) >= 11 is 0. The predicted molar refractivity (Wildman–Crippen MR) is 102 cm³/mol. The van der Waals surface area contributed by atoms with Gasteiger partial charge in [-0.2, -0.15) is 0 Å². The lowest BCUT2D eigenvalue weighted by Crippen LogP contribution is -2.42. The monoisotopic (exact) mass is 365 g/mol. The third-order valence-electron chi connectivity index (χ3n) is 5.92. The first-order chi connectivity index (χ1) is 13.1. The van der Waals surface area contributed by atoms with E-state index in [1.54, 1.807) is 7.05 Å². The normalized spacial score (nSPS) is 20.8. The zero-order valence-electron chi connectivity index (χ0n) is 15.3. The van der Waals surface area contributed by atoms with Crippen LogP contribution in [0.15, 0.2) is 48.5 Å². The summed E-state index contributed by atoms with van der Waals surface area (Å²) in [4.78, 5) is 25.5. The van der Waals surface area contributed by atoms with Gasteiger partial charge in [-0.25, -0.2) is 4.79 Å². The van der Waals surface area contributed by atoms with Gasteiger partial charge in [0.15, 0.2) is 0 Å². The fourth-order valence-electron chi connectivity index (χ4n) is 4.52. The average Bonchev–Trinajstić information content (AvgIpc) is 3.29. The molecule has 1 saturated carbocycles. The zero-order chi connectivity index (χ0) is 19.0. The Kier molecular flexibility index (Phi) is 4.60. The van der Waals surface area contributed by atoms with Crippen LogP contribution in [0.5, 0.6) is 0 Å². The molecule has 27 heavy (non-hydrogen) atoms. The Bertz CT molecular complexity index is 833. The van der Waals surface area contributed by atoms with Crippen LogP contribution in [-0.4, -0.2) is 41.8 Å². The summed E-state index contributed by atoms with van der Waals surface area (Å²) in [6, 6.07) is 16.1. The van der Waals surface area contributed by atoms with Gasteiger partial charge in [-0.05, 0) is 35.1 Å². The summed E-state index contributed by atoms with van der Waals surface area (Å²) in [5.74, 6) is -1.33. The molecule has 1 amide bonds. The molecule has 0 radical (unpaired) electrons. The molecule has 2 aromatic carbocycles. The van der Waals surface area contributed by atoms with Gasteiger partial charge in [0.1, 0.15) is 6.61 Å². The number of hydrogen-bond donors (Lipinski definition) is 1. The van der Waals surface area contributed by atoms with Gasteiger partial charge in [-0.1, -0.05) is 55.0 Å². The number of nitrogens with zero attached hydrogens (tertiary/aromatic N) is 1. The fraction of sp³-hybridized carbons (Fsp3) is 0.364. The Balaban J connectivity index is 1.49. The van der Waals surface area contributed by atoms with Gasteiger partial charge < -0.3 is 14.7 Å². The van der Waals surface area contributed by atoms with Crippen LogP contribution in [0.1, 0.15) is 36.3 Å². The quantitative estimate of drug-likeness (QED) is 0.885. The van der Waals surface area contributed by atoms with Crippen molar-refractivity contribution in [1.29, 1.82) is 0 Å². The molecule has 0 bridgehead atoms. The minimum atomic E-state index is -0.837. The van der Waals surface area contributed by atoms with Gasteiger partial charge in [-0.15, -0.1) is 0 Å². The molecular formula is C22H23NO4. The molecule has 0 unspecified atom stereocenters. The molecule has 0 saturated heterocycles. The number of carboxylic acid groups (broad SMARTS) is 1. The average molecular weight is 365 g/mol. The maximum absolute atomic E-state index is 12.6.